The quantitative estimate of drug-likeness (QED) is 0.797. The number of amides is 1. The molecule has 0 atom stereocenters. The Kier molecular flexibility index (Phi) is 5.13. The van der Waals surface area contributed by atoms with Crippen LogP contribution < -0.4 is 9.03 Å². The molecule has 0 bridgehead atoms. The van der Waals surface area contributed by atoms with Gasteiger partial charge in [0.2, 0.25) is 5.91 Å². The predicted octanol–water partition coefficient (Wildman–Crippen LogP) is 3.42. The average molecular weight is 439 g/mol. The molecule has 0 radical (unpaired) electrons. The van der Waals surface area contributed by atoms with Crippen LogP contribution in [0, 0.1) is 0 Å². The number of nitrogens with one attached hydrogen (secondary N) is 1. The summed E-state index contributed by atoms with van der Waals surface area (Å²) in [7, 11) is -3.66. The largest absolute Gasteiger partial charge is 0.416 e. The van der Waals surface area contributed by atoms with Gasteiger partial charge in [0, 0.05) is 13.1 Å². The highest BCUT2D eigenvalue weighted by Crippen LogP contribution is 2.39. The molecule has 6 nitrogen and oxygen atoms in total. The van der Waals surface area contributed by atoms with Crippen molar-refractivity contribution < 1.29 is 26.4 Å². The third-order valence-corrected chi connectivity index (χ3v) is 6.92. The summed E-state index contributed by atoms with van der Waals surface area (Å²) in [6.45, 7) is 0.774. The van der Waals surface area contributed by atoms with Crippen LogP contribution in [0.4, 0.5) is 24.5 Å². The van der Waals surface area contributed by atoms with Crippen molar-refractivity contribution in [2.75, 3.05) is 22.1 Å². The van der Waals surface area contributed by atoms with Crippen LogP contribution in [0.3, 0.4) is 0 Å². The maximum atomic E-state index is 12.7. The number of para-hydroxylation sites is 2. The number of likely N-dealkylation sites (tertiary alicyclic amines) is 1. The number of benzene rings is 2. The topological polar surface area (TPSA) is 69.7 Å². The molecule has 1 saturated heterocycles. The molecule has 30 heavy (non-hydrogen) atoms. The summed E-state index contributed by atoms with van der Waals surface area (Å²) < 4.78 is 67.0. The van der Waals surface area contributed by atoms with E-state index in [0.717, 1.165) is 12.1 Å². The zero-order chi connectivity index (χ0) is 21.5. The molecule has 0 saturated carbocycles. The summed E-state index contributed by atoms with van der Waals surface area (Å²) in [6, 6.07) is 11.3. The third kappa shape index (κ3) is 3.96. The summed E-state index contributed by atoms with van der Waals surface area (Å²) in [5.74, 6) is -0.184. The fraction of sp³-hybridized carbons (Fsp3) is 0.350. The van der Waals surface area contributed by atoms with Gasteiger partial charge in [-0.2, -0.15) is 21.6 Å². The number of carbonyl (C=O) groups is 1. The third-order valence-electron chi connectivity index (χ3n) is 5.42. The normalized spacial score (nSPS) is 18.8. The summed E-state index contributed by atoms with van der Waals surface area (Å²) >= 11 is 0. The average Bonchev–Trinajstić information content (AvgIpc) is 2.97. The number of hydrogen-bond donors (Lipinski definition) is 1. The van der Waals surface area contributed by atoms with Gasteiger partial charge in [0.05, 0.1) is 29.4 Å². The summed E-state index contributed by atoms with van der Waals surface area (Å²) in [6.07, 6.45) is -3.44. The molecule has 1 N–H and O–H groups in total. The van der Waals surface area contributed by atoms with Crippen molar-refractivity contribution in [3.05, 3.63) is 59.7 Å². The van der Waals surface area contributed by atoms with Gasteiger partial charge in [-0.1, -0.05) is 24.3 Å². The first-order valence-corrected chi connectivity index (χ1v) is 10.9. The van der Waals surface area contributed by atoms with Crippen LogP contribution in [0.5, 0.6) is 0 Å². The lowest BCUT2D eigenvalue weighted by molar-refractivity contribution is -0.137. The van der Waals surface area contributed by atoms with Crippen LogP contribution >= 0.6 is 0 Å². The number of piperidine rings is 1. The predicted molar refractivity (Wildman–Crippen MR) is 106 cm³/mol. The first kappa shape index (κ1) is 20.5. The van der Waals surface area contributed by atoms with E-state index in [0.29, 0.717) is 42.9 Å². The lowest BCUT2D eigenvalue weighted by Gasteiger charge is -2.36. The van der Waals surface area contributed by atoms with E-state index in [9.17, 15) is 26.4 Å². The second kappa shape index (κ2) is 7.50. The molecular weight excluding hydrogens is 419 g/mol. The second-order valence-corrected chi connectivity index (χ2v) is 8.95. The van der Waals surface area contributed by atoms with Gasteiger partial charge in [0.15, 0.2) is 0 Å². The lowest BCUT2D eigenvalue weighted by atomic mass is 10.0. The van der Waals surface area contributed by atoms with Crippen LogP contribution in [0.15, 0.2) is 48.5 Å². The van der Waals surface area contributed by atoms with E-state index in [1.165, 1.54) is 16.4 Å². The maximum Gasteiger partial charge on any atom is 0.416 e. The minimum Gasteiger partial charge on any atom is -0.342 e. The Morgan fingerprint density at radius 2 is 1.67 bits per heavy atom. The summed E-state index contributed by atoms with van der Waals surface area (Å²) in [5, 5.41) is 0. The SMILES string of the molecule is O=C(Cc1ccc(C(F)(F)F)cc1)N1CCC(N2c3ccccc3NS2(=O)=O)CC1. The van der Waals surface area contributed by atoms with E-state index in [4.69, 9.17) is 0 Å². The molecule has 2 aliphatic heterocycles. The Bertz CT molecular complexity index is 1050. The van der Waals surface area contributed by atoms with E-state index in [2.05, 4.69) is 4.72 Å². The molecule has 1 fully saturated rings. The number of hydrogen-bond acceptors (Lipinski definition) is 3. The summed E-state index contributed by atoms with van der Waals surface area (Å²) in [4.78, 5) is 14.2. The summed E-state index contributed by atoms with van der Waals surface area (Å²) in [5.41, 5.74) is 0.904. The fourth-order valence-electron chi connectivity index (χ4n) is 3.91. The zero-order valence-corrected chi connectivity index (χ0v) is 16.7. The van der Waals surface area contributed by atoms with Crippen molar-refractivity contribution in [3.63, 3.8) is 0 Å². The van der Waals surface area contributed by atoms with E-state index in [1.807, 2.05) is 0 Å². The number of alkyl halides is 3. The minimum absolute atomic E-state index is 0.00913. The Balaban J connectivity index is 1.38. The van der Waals surface area contributed by atoms with Gasteiger partial charge >= 0.3 is 16.4 Å². The van der Waals surface area contributed by atoms with Crippen molar-refractivity contribution in [1.29, 1.82) is 0 Å². The number of nitrogens with zero attached hydrogens (tertiary/aromatic N) is 2. The molecule has 160 valence electrons. The van der Waals surface area contributed by atoms with Crippen LogP contribution in [0.1, 0.15) is 24.0 Å². The van der Waals surface area contributed by atoms with E-state index < -0.39 is 21.9 Å². The number of carbonyl (C=O) groups excluding carboxylic acids is 1. The van der Waals surface area contributed by atoms with E-state index in [-0.39, 0.29) is 18.4 Å². The highest BCUT2D eigenvalue weighted by molar-refractivity contribution is 7.94. The van der Waals surface area contributed by atoms with Gasteiger partial charge in [-0.25, -0.2) is 4.31 Å². The Labute approximate surface area is 172 Å². The molecule has 1 amide bonds. The molecule has 2 aromatic rings. The smallest absolute Gasteiger partial charge is 0.342 e. The highest BCUT2D eigenvalue weighted by Gasteiger charge is 2.39. The molecule has 0 aliphatic carbocycles. The monoisotopic (exact) mass is 439 g/mol. The lowest BCUT2D eigenvalue weighted by Crippen LogP contribution is -2.48. The zero-order valence-electron chi connectivity index (χ0n) is 15.9. The molecule has 10 heteroatoms. The standard InChI is InChI=1S/C20H20F3N3O3S/c21-20(22,23)15-7-5-14(6-8-15)13-19(27)25-11-9-16(10-12-25)26-18-4-2-1-3-17(18)24-30(26,28)29/h1-8,16,24H,9-13H2. The molecule has 2 aliphatic rings. The Hall–Kier alpha value is -2.75. The molecular formula is C20H20F3N3O3S. The van der Waals surface area contributed by atoms with Crippen molar-refractivity contribution in [3.8, 4) is 0 Å². The molecule has 0 unspecified atom stereocenters. The Morgan fingerprint density at radius 1 is 1.03 bits per heavy atom. The van der Waals surface area contributed by atoms with Crippen LogP contribution in [-0.4, -0.2) is 38.4 Å². The highest BCUT2D eigenvalue weighted by atomic mass is 32.2. The van der Waals surface area contributed by atoms with Gasteiger partial charge in [0.1, 0.15) is 0 Å². The second-order valence-electron chi connectivity index (χ2n) is 7.40. The van der Waals surface area contributed by atoms with Gasteiger partial charge in [-0.15, -0.1) is 0 Å². The minimum atomic E-state index is -4.41. The number of anilines is 2. The first-order valence-electron chi connectivity index (χ1n) is 9.50. The molecule has 4 rings (SSSR count). The van der Waals surface area contributed by atoms with Gasteiger partial charge in [-0.05, 0) is 42.7 Å². The first-order chi connectivity index (χ1) is 14.1. The van der Waals surface area contributed by atoms with Crippen molar-refractivity contribution in [2.45, 2.75) is 31.5 Å². The van der Waals surface area contributed by atoms with E-state index in [1.54, 1.807) is 29.2 Å². The number of halogens is 3. The van der Waals surface area contributed by atoms with E-state index >= 15 is 0 Å². The van der Waals surface area contributed by atoms with Crippen LogP contribution in [-0.2, 0) is 27.6 Å². The van der Waals surface area contributed by atoms with Gasteiger partial charge < -0.3 is 4.90 Å². The molecule has 0 aromatic heterocycles. The van der Waals surface area contributed by atoms with Gasteiger partial charge in [0.25, 0.3) is 0 Å². The van der Waals surface area contributed by atoms with Crippen molar-refractivity contribution in [1.82, 2.24) is 4.90 Å². The Morgan fingerprint density at radius 3 is 2.30 bits per heavy atom. The van der Waals surface area contributed by atoms with Crippen LogP contribution in [0.2, 0.25) is 0 Å². The van der Waals surface area contributed by atoms with Crippen molar-refractivity contribution >= 4 is 27.5 Å². The number of rotatable bonds is 3. The van der Waals surface area contributed by atoms with Crippen molar-refractivity contribution in [2.24, 2.45) is 0 Å². The molecule has 2 aromatic carbocycles. The van der Waals surface area contributed by atoms with Crippen LogP contribution in [0.25, 0.3) is 0 Å². The number of fused-ring (bicyclic) bond motifs is 1. The molecule has 2 heterocycles. The molecule has 0 spiro atoms. The fourth-order valence-corrected chi connectivity index (χ4v) is 5.48. The maximum absolute atomic E-state index is 12.7. The van der Waals surface area contributed by atoms with Gasteiger partial charge in [-0.3, -0.25) is 9.52 Å².